The van der Waals surface area contributed by atoms with Gasteiger partial charge in [-0.15, -0.1) is 24.0 Å². The molecule has 0 saturated heterocycles. The van der Waals surface area contributed by atoms with Crippen molar-refractivity contribution in [2.75, 3.05) is 14.2 Å². The number of aryl methyl sites for hydroxylation is 1. The summed E-state index contributed by atoms with van der Waals surface area (Å²) >= 11 is 0. The van der Waals surface area contributed by atoms with Crippen LogP contribution in [0.5, 0.6) is 5.75 Å². The van der Waals surface area contributed by atoms with E-state index in [9.17, 15) is 17.6 Å². The summed E-state index contributed by atoms with van der Waals surface area (Å²) in [6, 6.07) is 4.18. The fourth-order valence-corrected chi connectivity index (χ4v) is 2.52. The Morgan fingerprint density at radius 3 is 2.57 bits per heavy atom. The Kier molecular flexibility index (Phi) is 8.51. The van der Waals surface area contributed by atoms with Gasteiger partial charge in [0.05, 0.1) is 13.2 Å². The lowest BCUT2D eigenvalue weighted by Gasteiger charge is -2.19. The van der Waals surface area contributed by atoms with E-state index in [1.807, 2.05) is 0 Å². The molecule has 0 bridgehead atoms. The van der Waals surface area contributed by atoms with E-state index >= 15 is 0 Å². The van der Waals surface area contributed by atoms with E-state index < -0.39 is 17.7 Å². The lowest BCUT2D eigenvalue weighted by molar-refractivity contribution is -0.142. The van der Waals surface area contributed by atoms with Crippen LogP contribution < -0.4 is 15.4 Å². The highest BCUT2D eigenvalue weighted by Gasteiger charge is 2.36. The second-order valence-corrected chi connectivity index (χ2v) is 5.86. The van der Waals surface area contributed by atoms with Crippen LogP contribution in [0.15, 0.2) is 29.4 Å². The highest BCUT2D eigenvalue weighted by atomic mass is 127. The van der Waals surface area contributed by atoms with Crippen LogP contribution >= 0.6 is 24.0 Å². The summed E-state index contributed by atoms with van der Waals surface area (Å²) in [5.74, 6) is -0.0998. The predicted molar refractivity (Wildman–Crippen MR) is 108 cm³/mol. The molecule has 0 radical (unpaired) electrons. The molecule has 2 aromatic rings. The van der Waals surface area contributed by atoms with Crippen molar-refractivity contribution in [3.8, 4) is 5.75 Å². The fraction of sp³-hybridized carbons (Fsp3) is 0.412. The van der Waals surface area contributed by atoms with Crippen LogP contribution in [-0.2, 0) is 19.8 Å². The summed E-state index contributed by atoms with van der Waals surface area (Å²) < 4.78 is 58.8. The number of benzene rings is 1. The number of aromatic nitrogens is 2. The Balaban J connectivity index is 0.00000392. The van der Waals surface area contributed by atoms with Crippen LogP contribution in [0.1, 0.15) is 29.8 Å². The van der Waals surface area contributed by atoms with Gasteiger partial charge in [0.1, 0.15) is 0 Å². The van der Waals surface area contributed by atoms with Gasteiger partial charge < -0.3 is 15.4 Å². The largest absolute Gasteiger partial charge is 0.494 e. The van der Waals surface area contributed by atoms with E-state index in [4.69, 9.17) is 4.74 Å². The van der Waals surface area contributed by atoms with Gasteiger partial charge in [-0.25, -0.2) is 4.39 Å². The summed E-state index contributed by atoms with van der Waals surface area (Å²) in [7, 11) is 4.29. The Bertz CT molecular complexity index is 822. The molecule has 0 spiro atoms. The van der Waals surface area contributed by atoms with Crippen LogP contribution in [0.25, 0.3) is 0 Å². The van der Waals surface area contributed by atoms with Crippen LogP contribution in [0, 0.1) is 5.82 Å². The molecule has 1 aromatic heterocycles. The molecule has 0 fully saturated rings. The van der Waals surface area contributed by atoms with Crippen molar-refractivity contribution in [2.45, 2.75) is 25.7 Å². The maximum atomic E-state index is 13.8. The Labute approximate surface area is 177 Å². The molecule has 1 heterocycles. The van der Waals surface area contributed by atoms with E-state index in [2.05, 4.69) is 20.7 Å². The molecule has 0 saturated carbocycles. The van der Waals surface area contributed by atoms with E-state index in [-0.39, 0.29) is 53.8 Å². The van der Waals surface area contributed by atoms with Crippen LogP contribution in [0.2, 0.25) is 0 Å². The van der Waals surface area contributed by atoms with Crippen molar-refractivity contribution in [3.05, 3.63) is 47.0 Å². The van der Waals surface area contributed by atoms with Crippen molar-refractivity contribution >= 4 is 29.9 Å². The molecule has 0 aliphatic carbocycles. The molecule has 11 heteroatoms. The van der Waals surface area contributed by atoms with Gasteiger partial charge in [0.2, 0.25) is 0 Å². The number of alkyl halides is 3. The van der Waals surface area contributed by atoms with Crippen LogP contribution in [0.3, 0.4) is 0 Å². The molecule has 156 valence electrons. The monoisotopic (exact) mass is 515 g/mol. The zero-order chi connectivity index (χ0) is 20.2. The van der Waals surface area contributed by atoms with Gasteiger partial charge in [-0.1, -0.05) is 6.07 Å². The Hall–Kier alpha value is -2.05. The number of guanidine groups is 1. The molecule has 2 rings (SSSR count). The highest BCUT2D eigenvalue weighted by Crippen LogP contribution is 2.30. The minimum absolute atomic E-state index is 0. The number of ether oxygens (including phenoxy) is 1. The minimum atomic E-state index is -4.54. The van der Waals surface area contributed by atoms with Crippen molar-refractivity contribution in [1.82, 2.24) is 20.4 Å². The summed E-state index contributed by atoms with van der Waals surface area (Å²) in [5.41, 5.74) is -0.317. The average molecular weight is 515 g/mol. The first-order chi connectivity index (χ1) is 12.7. The number of aliphatic imine (C=N–C) groups is 1. The van der Waals surface area contributed by atoms with Crippen LogP contribution in [0.4, 0.5) is 17.6 Å². The first-order valence-electron chi connectivity index (χ1n) is 8.06. The third-order valence-corrected chi connectivity index (χ3v) is 3.87. The molecule has 1 atom stereocenters. The van der Waals surface area contributed by atoms with Crippen molar-refractivity contribution in [3.63, 3.8) is 0 Å². The fourth-order valence-electron chi connectivity index (χ4n) is 2.52. The number of halogens is 5. The number of rotatable bonds is 5. The molecular formula is C17H22F4IN5O. The lowest BCUT2D eigenvalue weighted by Crippen LogP contribution is -2.38. The Morgan fingerprint density at radius 1 is 1.36 bits per heavy atom. The zero-order valence-corrected chi connectivity index (χ0v) is 18.1. The van der Waals surface area contributed by atoms with Gasteiger partial charge in [0, 0.05) is 32.4 Å². The average Bonchev–Trinajstić information content (AvgIpc) is 2.99. The molecule has 0 amide bonds. The molecule has 2 N–H and O–H groups in total. The van der Waals surface area contributed by atoms with Gasteiger partial charge in [-0.2, -0.15) is 18.3 Å². The maximum Gasteiger partial charge on any atom is 0.435 e. The third-order valence-electron chi connectivity index (χ3n) is 3.87. The quantitative estimate of drug-likeness (QED) is 0.277. The van der Waals surface area contributed by atoms with E-state index in [0.717, 1.165) is 4.68 Å². The second kappa shape index (κ2) is 9.94. The first kappa shape index (κ1) is 24.0. The number of hydrogen-bond acceptors (Lipinski definition) is 3. The topological polar surface area (TPSA) is 63.5 Å². The SMILES string of the molecule is CN=C(NCc1cn(C)nc1C(F)(F)F)NC(C)c1ccc(OC)c(F)c1.I. The summed E-state index contributed by atoms with van der Waals surface area (Å²) in [4.78, 5) is 3.99. The molecular weight excluding hydrogens is 493 g/mol. The maximum absolute atomic E-state index is 13.8. The summed E-state index contributed by atoms with van der Waals surface area (Å²) in [6.45, 7) is 1.66. The predicted octanol–water partition coefficient (Wildman–Crippen LogP) is 3.63. The smallest absolute Gasteiger partial charge is 0.435 e. The van der Waals surface area contributed by atoms with E-state index in [1.165, 1.54) is 39.5 Å². The van der Waals surface area contributed by atoms with Gasteiger partial charge in [-0.3, -0.25) is 9.67 Å². The number of nitrogens with zero attached hydrogens (tertiary/aromatic N) is 3. The normalized spacial score (nSPS) is 12.9. The lowest BCUT2D eigenvalue weighted by atomic mass is 10.1. The van der Waals surface area contributed by atoms with Gasteiger partial charge in [0.15, 0.2) is 23.2 Å². The number of nitrogens with one attached hydrogen (secondary N) is 2. The van der Waals surface area contributed by atoms with Crippen molar-refractivity contribution < 1.29 is 22.3 Å². The summed E-state index contributed by atoms with van der Waals surface area (Å²) in [5, 5.41) is 9.28. The first-order valence-corrected chi connectivity index (χ1v) is 8.06. The van der Waals surface area contributed by atoms with E-state index in [0.29, 0.717) is 5.56 Å². The molecule has 28 heavy (non-hydrogen) atoms. The summed E-state index contributed by atoms with van der Waals surface area (Å²) in [6.07, 6.45) is -3.24. The number of hydrogen-bond donors (Lipinski definition) is 2. The van der Waals surface area contributed by atoms with Gasteiger partial charge in [0.25, 0.3) is 0 Å². The molecule has 0 aliphatic heterocycles. The van der Waals surface area contributed by atoms with Crippen molar-refractivity contribution in [1.29, 1.82) is 0 Å². The van der Waals surface area contributed by atoms with Crippen LogP contribution in [-0.4, -0.2) is 29.9 Å². The molecule has 1 unspecified atom stereocenters. The third kappa shape index (κ3) is 5.97. The van der Waals surface area contributed by atoms with E-state index in [1.54, 1.807) is 13.0 Å². The van der Waals surface area contributed by atoms with Gasteiger partial charge in [-0.05, 0) is 24.6 Å². The molecule has 6 nitrogen and oxygen atoms in total. The number of methoxy groups -OCH3 is 1. The molecule has 0 aliphatic rings. The minimum Gasteiger partial charge on any atom is -0.494 e. The molecule has 1 aromatic carbocycles. The second-order valence-electron chi connectivity index (χ2n) is 5.86. The van der Waals surface area contributed by atoms with Crippen molar-refractivity contribution in [2.24, 2.45) is 12.0 Å². The van der Waals surface area contributed by atoms with Gasteiger partial charge >= 0.3 is 6.18 Å². The standard InChI is InChI=1S/C17H21F4N5O.HI/c1-10(11-5-6-14(27-4)13(18)7-11)24-16(22-2)23-8-12-9-26(3)25-15(12)17(19,20)21;/h5-7,9-10H,8H2,1-4H3,(H2,22,23,24);1H. The Morgan fingerprint density at radius 2 is 2.04 bits per heavy atom. The highest BCUT2D eigenvalue weighted by molar-refractivity contribution is 14.0. The zero-order valence-electron chi connectivity index (χ0n) is 15.8.